The van der Waals surface area contributed by atoms with E-state index in [1.54, 1.807) is 0 Å². The van der Waals surface area contributed by atoms with Crippen molar-refractivity contribution in [3.63, 3.8) is 0 Å². The molecular formula is C15H22ClNO. The van der Waals surface area contributed by atoms with Gasteiger partial charge in [-0.25, -0.2) is 0 Å². The predicted molar refractivity (Wildman–Crippen MR) is 76.0 cm³/mol. The van der Waals surface area contributed by atoms with Crippen LogP contribution >= 0.6 is 11.6 Å². The summed E-state index contributed by atoms with van der Waals surface area (Å²) < 4.78 is 6.09. The molecule has 1 saturated carbocycles. The fourth-order valence-electron chi connectivity index (χ4n) is 2.67. The van der Waals surface area contributed by atoms with Gasteiger partial charge in [0.15, 0.2) is 0 Å². The van der Waals surface area contributed by atoms with Crippen LogP contribution in [0.4, 0.5) is 0 Å². The smallest absolute Gasteiger partial charge is 0.142 e. The Morgan fingerprint density at radius 3 is 2.61 bits per heavy atom. The monoisotopic (exact) mass is 267 g/mol. The molecule has 2 nitrogen and oxygen atoms in total. The predicted octanol–water partition coefficient (Wildman–Crippen LogP) is 4.15. The van der Waals surface area contributed by atoms with Crippen LogP contribution in [0.25, 0.3) is 0 Å². The SMILES string of the molecule is CCC1CCC(Oc2c(Cl)cccc2CN)CC1. The van der Waals surface area contributed by atoms with Crippen molar-refractivity contribution in [3.8, 4) is 5.75 Å². The van der Waals surface area contributed by atoms with Crippen LogP contribution in [-0.4, -0.2) is 6.10 Å². The second-order valence-electron chi connectivity index (χ2n) is 5.10. The number of rotatable bonds is 4. The van der Waals surface area contributed by atoms with E-state index in [-0.39, 0.29) is 0 Å². The molecule has 2 N–H and O–H groups in total. The normalized spacial score (nSPS) is 23.9. The number of nitrogens with two attached hydrogens (primary N) is 1. The second-order valence-corrected chi connectivity index (χ2v) is 5.51. The Balaban J connectivity index is 2.02. The van der Waals surface area contributed by atoms with E-state index in [1.807, 2.05) is 18.2 Å². The van der Waals surface area contributed by atoms with E-state index in [0.717, 1.165) is 30.1 Å². The molecule has 0 atom stereocenters. The molecule has 3 heteroatoms. The first-order chi connectivity index (χ1) is 8.74. The van der Waals surface area contributed by atoms with E-state index < -0.39 is 0 Å². The zero-order valence-electron chi connectivity index (χ0n) is 11.0. The number of para-hydroxylation sites is 1. The fourth-order valence-corrected chi connectivity index (χ4v) is 2.91. The number of halogens is 1. The molecule has 1 aromatic carbocycles. The van der Waals surface area contributed by atoms with Gasteiger partial charge in [0.1, 0.15) is 5.75 Å². The maximum absolute atomic E-state index is 6.20. The van der Waals surface area contributed by atoms with Gasteiger partial charge in [-0.15, -0.1) is 0 Å². The topological polar surface area (TPSA) is 35.2 Å². The third kappa shape index (κ3) is 3.18. The van der Waals surface area contributed by atoms with Crippen LogP contribution in [0, 0.1) is 5.92 Å². The first-order valence-corrected chi connectivity index (χ1v) is 7.26. The van der Waals surface area contributed by atoms with E-state index in [0.29, 0.717) is 17.7 Å². The second kappa shape index (κ2) is 6.44. The number of benzene rings is 1. The van der Waals surface area contributed by atoms with Crippen molar-refractivity contribution in [1.82, 2.24) is 0 Å². The molecule has 0 unspecified atom stereocenters. The highest BCUT2D eigenvalue weighted by atomic mass is 35.5. The highest BCUT2D eigenvalue weighted by Gasteiger charge is 2.22. The molecule has 18 heavy (non-hydrogen) atoms. The maximum Gasteiger partial charge on any atom is 0.142 e. The van der Waals surface area contributed by atoms with Crippen LogP contribution in [0.1, 0.15) is 44.6 Å². The van der Waals surface area contributed by atoms with E-state index >= 15 is 0 Å². The van der Waals surface area contributed by atoms with Gasteiger partial charge in [-0.05, 0) is 37.7 Å². The van der Waals surface area contributed by atoms with E-state index in [2.05, 4.69) is 6.92 Å². The van der Waals surface area contributed by atoms with Gasteiger partial charge in [0, 0.05) is 12.1 Å². The van der Waals surface area contributed by atoms with Crippen LogP contribution in [0.2, 0.25) is 5.02 Å². The average Bonchev–Trinajstić information content (AvgIpc) is 2.42. The minimum Gasteiger partial charge on any atom is -0.489 e. The fraction of sp³-hybridized carbons (Fsp3) is 0.600. The van der Waals surface area contributed by atoms with Gasteiger partial charge in [-0.3, -0.25) is 0 Å². The molecule has 1 aromatic rings. The summed E-state index contributed by atoms with van der Waals surface area (Å²) in [6, 6.07) is 5.78. The molecule has 1 aliphatic rings. The van der Waals surface area contributed by atoms with E-state index in [4.69, 9.17) is 22.1 Å². The third-order valence-electron chi connectivity index (χ3n) is 3.92. The summed E-state index contributed by atoms with van der Waals surface area (Å²) in [6.45, 7) is 2.74. The molecule has 1 fully saturated rings. The summed E-state index contributed by atoms with van der Waals surface area (Å²) in [7, 11) is 0. The standard InChI is InChI=1S/C15H22ClNO/c1-2-11-6-8-13(9-7-11)18-15-12(10-17)4-3-5-14(15)16/h3-5,11,13H,2,6-10,17H2,1H3. The summed E-state index contributed by atoms with van der Waals surface area (Å²) in [5.41, 5.74) is 6.73. The van der Waals surface area contributed by atoms with Crippen molar-refractivity contribution in [3.05, 3.63) is 28.8 Å². The Bertz CT molecular complexity index is 386. The third-order valence-corrected chi connectivity index (χ3v) is 4.22. The zero-order chi connectivity index (χ0) is 13.0. The summed E-state index contributed by atoms with van der Waals surface area (Å²) in [6.07, 6.45) is 6.39. The van der Waals surface area contributed by atoms with Crippen molar-refractivity contribution >= 4 is 11.6 Å². The number of hydrogen-bond acceptors (Lipinski definition) is 2. The van der Waals surface area contributed by atoms with Crippen molar-refractivity contribution in [2.75, 3.05) is 0 Å². The van der Waals surface area contributed by atoms with Gasteiger partial charge in [-0.2, -0.15) is 0 Å². The van der Waals surface area contributed by atoms with Crippen LogP contribution in [-0.2, 0) is 6.54 Å². The Labute approximate surface area is 114 Å². The van der Waals surface area contributed by atoms with Crippen molar-refractivity contribution in [2.24, 2.45) is 11.7 Å². The molecular weight excluding hydrogens is 246 g/mol. The molecule has 0 radical (unpaired) electrons. The van der Waals surface area contributed by atoms with E-state index in [9.17, 15) is 0 Å². The lowest BCUT2D eigenvalue weighted by atomic mass is 9.86. The number of hydrogen-bond donors (Lipinski definition) is 1. The Morgan fingerprint density at radius 1 is 1.28 bits per heavy atom. The lowest BCUT2D eigenvalue weighted by Crippen LogP contribution is -2.24. The molecule has 0 heterocycles. The molecule has 100 valence electrons. The highest BCUT2D eigenvalue weighted by Crippen LogP contribution is 2.34. The minimum absolute atomic E-state index is 0.304. The van der Waals surface area contributed by atoms with Crippen LogP contribution < -0.4 is 10.5 Å². The summed E-state index contributed by atoms with van der Waals surface area (Å²) in [5.74, 6) is 1.67. The van der Waals surface area contributed by atoms with Crippen molar-refractivity contribution in [2.45, 2.75) is 51.7 Å². The van der Waals surface area contributed by atoms with Crippen LogP contribution in [0.5, 0.6) is 5.75 Å². The zero-order valence-corrected chi connectivity index (χ0v) is 11.7. The summed E-state index contributed by atoms with van der Waals surface area (Å²) in [5, 5.41) is 0.676. The molecule has 0 aliphatic heterocycles. The summed E-state index contributed by atoms with van der Waals surface area (Å²) in [4.78, 5) is 0. The van der Waals surface area contributed by atoms with E-state index in [1.165, 1.54) is 19.3 Å². The lowest BCUT2D eigenvalue weighted by molar-refractivity contribution is 0.129. The highest BCUT2D eigenvalue weighted by molar-refractivity contribution is 6.32. The quantitative estimate of drug-likeness (QED) is 0.890. The van der Waals surface area contributed by atoms with Crippen LogP contribution in [0.15, 0.2) is 18.2 Å². The Morgan fingerprint density at radius 2 is 2.00 bits per heavy atom. The van der Waals surface area contributed by atoms with Crippen molar-refractivity contribution < 1.29 is 4.74 Å². The molecule has 0 spiro atoms. The van der Waals surface area contributed by atoms with Gasteiger partial charge in [0.05, 0.1) is 11.1 Å². The first-order valence-electron chi connectivity index (χ1n) is 6.88. The molecule has 0 aromatic heterocycles. The lowest BCUT2D eigenvalue weighted by Gasteiger charge is -2.29. The van der Waals surface area contributed by atoms with Crippen molar-refractivity contribution in [1.29, 1.82) is 0 Å². The molecule has 2 rings (SSSR count). The number of ether oxygens (including phenoxy) is 1. The van der Waals surface area contributed by atoms with Crippen LogP contribution in [0.3, 0.4) is 0 Å². The molecule has 0 bridgehead atoms. The molecule has 0 saturated heterocycles. The molecule has 0 amide bonds. The van der Waals surface area contributed by atoms with Gasteiger partial charge in [0.2, 0.25) is 0 Å². The van der Waals surface area contributed by atoms with Gasteiger partial charge in [-0.1, -0.05) is 37.1 Å². The Hall–Kier alpha value is -0.730. The average molecular weight is 268 g/mol. The van der Waals surface area contributed by atoms with Gasteiger partial charge >= 0.3 is 0 Å². The Kier molecular flexibility index (Phi) is 4.90. The van der Waals surface area contributed by atoms with Gasteiger partial charge < -0.3 is 10.5 Å². The summed E-state index contributed by atoms with van der Waals surface area (Å²) >= 11 is 6.20. The largest absolute Gasteiger partial charge is 0.489 e. The minimum atomic E-state index is 0.304. The maximum atomic E-state index is 6.20. The van der Waals surface area contributed by atoms with Gasteiger partial charge in [0.25, 0.3) is 0 Å². The first kappa shape index (κ1) is 13.7. The molecule has 1 aliphatic carbocycles.